The Morgan fingerprint density at radius 1 is 1.12 bits per heavy atom. The summed E-state index contributed by atoms with van der Waals surface area (Å²) in [5, 5.41) is 6.73. The molecule has 8 heteroatoms. The van der Waals surface area contributed by atoms with Crippen molar-refractivity contribution < 1.29 is 14.3 Å². The van der Waals surface area contributed by atoms with Crippen LogP contribution >= 0.6 is 11.3 Å². The van der Waals surface area contributed by atoms with Crippen LogP contribution in [0.15, 0.2) is 30.6 Å². The quantitative estimate of drug-likeness (QED) is 0.695. The Morgan fingerprint density at radius 2 is 1.80 bits per heavy atom. The third-order valence-corrected chi connectivity index (χ3v) is 4.75. The van der Waals surface area contributed by atoms with E-state index in [0.29, 0.717) is 21.2 Å². The number of aryl methyl sites for hydroxylation is 1. The Balaban J connectivity index is 1.95. The van der Waals surface area contributed by atoms with Crippen molar-refractivity contribution in [2.75, 3.05) is 17.7 Å². The second-order valence-corrected chi connectivity index (χ2v) is 6.33. The van der Waals surface area contributed by atoms with Gasteiger partial charge in [-0.1, -0.05) is 0 Å². The van der Waals surface area contributed by atoms with Crippen LogP contribution in [-0.2, 0) is 9.53 Å². The smallest absolute Gasteiger partial charge is 0.348 e. The Morgan fingerprint density at radius 3 is 2.44 bits per heavy atom. The highest BCUT2D eigenvalue weighted by Gasteiger charge is 2.19. The number of anilines is 3. The molecule has 0 aliphatic carbocycles. The van der Waals surface area contributed by atoms with Crippen LogP contribution in [0.3, 0.4) is 0 Å². The van der Waals surface area contributed by atoms with Crippen LogP contribution in [0.2, 0.25) is 0 Å². The van der Waals surface area contributed by atoms with Gasteiger partial charge in [0.05, 0.1) is 12.5 Å². The number of nitrogens with zero attached hydrogens (tertiary/aromatic N) is 2. The molecule has 0 atom stereocenters. The summed E-state index contributed by atoms with van der Waals surface area (Å²) in [5.74, 6) is 0.106. The highest BCUT2D eigenvalue weighted by molar-refractivity contribution is 7.20. The fourth-order valence-corrected chi connectivity index (χ4v) is 3.50. The SMILES string of the molecule is COC(=O)c1sc2ncnc(Nc3ccc(NC(C)=O)cc3)c2c1C. The number of ether oxygens (including phenoxy) is 1. The summed E-state index contributed by atoms with van der Waals surface area (Å²) in [6, 6.07) is 7.26. The van der Waals surface area contributed by atoms with Crippen molar-refractivity contribution in [1.82, 2.24) is 9.97 Å². The van der Waals surface area contributed by atoms with E-state index in [1.807, 2.05) is 19.1 Å². The minimum Gasteiger partial charge on any atom is -0.465 e. The maximum Gasteiger partial charge on any atom is 0.348 e. The van der Waals surface area contributed by atoms with Gasteiger partial charge >= 0.3 is 5.97 Å². The van der Waals surface area contributed by atoms with E-state index < -0.39 is 0 Å². The number of hydrogen-bond acceptors (Lipinski definition) is 7. The van der Waals surface area contributed by atoms with Gasteiger partial charge in [-0.3, -0.25) is 4.79 Å². The maximum absolute atomic E-state index is 11.9. The van der Waals surface area contributed by atoms with Crippen molar-refractivity contribution in [3.8, 4) is 0 Å². The van der Waals surface area contributed by atoms with Crippen molar-refractivity contribution in [3.63, 3.8) is 0 Å². The first-order chi connectivity index (χ1) is 12.0. The van der Waals surface area contributed by atoms with Crippen molar-refractivity contribution >= 4 is 50.6 Å². The number of amides is 1. The largest absolute Gasteiger partial charge is 0.465 e. The van der Waals surface area contributed by atoms with Gasteiger partial charge in [0.25, 0.3) is 0 Å². The average Bonchev–Trinajstić information content (AvgIpc) is 2.93. The zero-order valence-electron chi connectivity index (χ0n) is 13.9. The molecule has 0 aliphatic heterocycles. The summed E-state index contributed by atoms with van der Waals surface area (Å²) in [7, 11) is 1.35. The lowest BCUT2D eigenvalue weighted by molar-refractivity contribution is -0.114. The van der Waals surface area contributed by atoms with Crippen LogP contribution in [-0.4, -0.2) is 29.0 Å². The topological polar surface area (TPSA) is 93.2 Å². The first kappa shape index (κ1) is 16.8. The molecule has 0 fully saturated rings. The van der Waals surface area contributed by atoms with E-state index in [9.17, 15) is 9.59 Å². The molecule has 2 heterocycles. The highest BCUT2D eigenvalue weighted by atomic mass is 32.1. The second kappa shape index (κ2) is 6.86. The lowest BCUT2D eigenvalue weighted by Gasteiger charge is -2.08. The van der Waals surface area contributed by atoms with Gasteiger partial charge in [0.1, 0.15) is 21.9 Å². The van der Waals surface area contributed by atoms with E-state index in [0.717, 1.165) is 16.6 Å². The van der Waals surface area contributed by atoms with E-state index >= 15 is 0 Å². The average molecular weight is 356 g/mol. The number of aromatic nitrogens is 2. The third kappa shape index (κ3) is 3.43. The molecule has 3 rings (SSSR count). The fourth-order valence-electron chi connectivity index (χ4n) is 2.43. The summed E-state index contributed by atoms with van der Waals surface area (Å²) in [6.07, 6.45) is 1.45. The molecule has 0 saturated carbocycles. The molecule has 2 aromatic heterocycles. The number of carbonyl (C=O) groups excluding carboxylic acids is 2. The molecule has 0 unspecified atom stereocenters. The van der Waals surface area contributed by atoms with E-state index in [1.54, 1.807) is 12.1 Å². The molecular formula is C17H16N4O3S. The first-order valence-corrected chi connectivity index (χ1v) is 8.28. The van der Waals surface area contributed by atoms with Crippen LogP contribution in [0.25, 0.3) is 10.2 Å². The molecule has 3 aromatic rings. The third-order valence-electron chi connectivity index (χ3n) is 3.57. The number of carbonyl (C=O) groups is 2. The van der Waals surface area contributed by atoms with Crippen LogP contribution in [0.4, 0.5) is 17.2 Å². The molecule has 7 nitrogen and oxygen atoms in total. The summed E-state index contributed by atoms with van der Waals surface area (Å²) in [4.78, 5) is 32.7. The van der Waals surface area contributed by atoms with Gasteiger partial charge < -0.3 is 15.4 Å². The van der Waals surface area contributed by atoms with Gasteiger partial charge in [-0.2, -0.15) is 0 Å². The Bertz CT molecular complexity index is 950. The normalized spacial score (nSPS) is 10.5. The summed E-state index contributed by atoms with van der Waals surface area (Å²) in [6.45, 7) is 3.31. The molecule has 0 aliphatic rings. The van der Waals surface area contributed by atoms with Crippen molar-refractivity contribution in [3.05, 3.63) is 41.0 Å². The predicted octanol–water partition coefficient (Wildman–Crippen LogP) is 3.49. The second-order valence-electron chi connectivity index (χ2n) is 5.33. The molecule has 0 saturated heterocycles. The zero-order chi connectivity index (χ0) is 18.0. The van der Waals surface area contributed by atoms with Crippen molar-refractivity contribution in [1.29, 1.82) is 0 Å². The minimum absolute atomic E-state index is 0.123. The number of nitrogens with one attached hydrogen (secondary N) is 2. The molecule has 1 amide bonds. The van der Waals surface area contributed by atoms with Crippen LogP contribution in [0.5, 0.6) is 0 Å². The monoisotopic (exact) mass is 356 g/mol. The lowest BCUT2D eigenvalue weighted by Crippen LogP contribution is -2.05. The highest BCUT2D eigenvalue weighted by Crippen LogP contribution is 2.34. The van der Waals surface area contributed by atoms with Crippen LogP contribution in [0.1, 0.15) is 22.2 Å². The van der Waals surface area contributed by atoms with Gasteiger partial charge in [-0.05, 0) is 36.8 Å². The lowest BCUT2D eigenvalue weighted by atomic mass is 10.2. The van der Waals surface area contributed by atoms with Gasteiger partial charge in [0.2, 0.25) is 5.91 Å². The van der Waals surface area contributed by atoms with Gasteiger partial charge in [0, 0.05) is 18.3 Å². The summed E-state index contributed by atoms with van der Waals surface area (Å²) < 4.78 is 4.82. The summed E-state index contributed by atoms with van der Waals surface area (Å²) in [5.41, 5.74) is 2.30. The Kier molecular flexibility index (Phi) is 4.62. The first-order valence-electron chi connectivity index (χ1n) is 7.46. The fraction of sp³-hybridized carbons (Fsp3) is 0.176. The van der Waals surface area contributed by atoms with E-state index in [-0.39, 0.29) is 11.9 Å². The molecule has 0 radical (unpaired) electrons. The minimum atomic E-state index is -0.383. The van der Waals surface area contributed by atoms with Gasteiger partial charge in [-0.25, -0.2) is 14.8 Å². The Hall–Kier alpha value is -3.00. The molecule has 0 bridgehead atoms. The van der Waals surface area contributed by atoms with E-state index in [2.05, 4.69) is 20.6 Å². The molecule has 128 valence electrons. The number of benzene rings is 1. The van der Waals surface area contributed by atoms with Crippen molar-refractivity contribution in [2.24, 2.45) is 0 Å². The standard InChI is InChI=1S/C17H16N4O3S/c1-9-13-15(18-8-19-16(13)25-14(9)17(23)24-3)21-12-6-4-11(5-7-12)20-10(2)22/h4-8H,1-3H3,(H,20,22)(H,18,19,21). The van der Waals surface area contributed by atoms with Crippen molar-refractivity contribution in [2.45, 2.75) is 13.8 Å². The Labute approximate surface area is 148 Å². The summed E-state index contributed by atoms with van der Waals surface area (Å²) >= 11 is 1.28. The van der Waals surface area contributed by atoms with E-state index in [4.69, 9.17) is 4.74 Å². The molecule has 0 spiro atoms. The number of rotatable bonds is 4. The number of thiophene rings is 1. The number of hydrogen-bond donors (Lipinski definition) is 2. The molecular weight excluding hydrogens is 340 g/mol. The molecule has 1 aromatic carbocycles. The molecule has 2 N–H and O–H groups in total. The van der Waals surface area contributed by atoms with Crippen LogP contribution < -0.4 is 10.6 Å². The number of methoxy groups -OCH3 is 1. The maximum atomic E-state index is 11.9. The van der Waals surface area contributed by atoms with Gasteiger partial charge in [-0.15, -0.1) is 11.3 Å². The van der Waals surface area contributed by atoms with E-state index in [1.165, 1.54) is 31.7 Å². The molecule has 25 heavy (non-hydrogen) atoms. The number of fused-ring (bicyclic) bond motifs is 1. The zero-order valence-corrected chi connectivity index (χ0v) is 14.7. The number of esters is 1. The van der Waals surface area contributed by atoms with Crippen LogP contribution in [0, 0.1) is 6.92 Å². The predicted molar refractivity (Wildman–Crippen MR) is 97.5 cm³/mol. The van der Waals surface area contributed by atoms with Gasteiger partial charge in [0.15, 0.2) is 0 Å².